The molecule has 0 saturated carbocycles. The van der Waals surface area contributed by atoms with Crippen LogP contribution in [0.2, 0.25) is 0 Å². The Balaban J connectivity index is 1.80. The first-order chi connectivity index (χ1) is 11.0. The van der Waals surface area contributed by atoms with Crippen LogP contribution >= 0.6 is 0 Å². The van der Waals surface area contributed by atoms with Crippen molar-refractivity contribution in [3.8, 4) is 5.75 Å². The fourth-order valence-corrected chi connectivity index (χ4v) is 3.23. The fourth-order valence-electron chi connectivity index (χ4n) is 3.23. The van der Waals surface area contributed by atoms with Crippen molar-refractivity contribution in [3.05, 3.63) is 53.0 Å². The monoisotopic (exact) mass is 314 g/mol. The van der Waals surface area contributed by atoms with E-state index in [9.17, 15) is 4.79 Å². The third kappa shape index (κ3) is 2.97. The molecule has 1 saturated heterocycles. The number of benzene rings is 1. The molecule has 2 heterocycles. The van der Waals surface area contributed by atoms with Gasteiger partial charge in [0.25, 0.3) is 5.91 Å². The summed E-state index contributed by atoms with van der Waals surface area (Å²) >= 11 is 0. The number of methoxy groups -OCH3 is 1. The molecule has 1 aliphatic rings. The van der Waals surface area contributed by atoms with Gasteiger partial charge in [-0.1, -0.05) is 12.1 Å². The molecular formula is C18H22N2O3. The summed E-state index contributed by atoms with van der Waals surface area (Å²) in [6.45, 7) is 4.82. The van der Waals surface area contributed by atoms with Crippen molar-refractivity contribution >= 4 is 5.91 Å². The van der Waals surface area contributed by atoms with Gasteiger partial charge in [-0.05, 0) is 37.6 Å². The highest BCUT2D eigenvalue weighted by atomic mass is 16.5. The molecule has 1 fully saturated rings. The van der Waals surface area contributed by atoms with Crippen LogP contribution in [0.25, 0.3) is 0 Å². The predicted octanol–water partition coefficient (Wildman–Crippen LogP) is 2.47. The SMILES string of the molecule is COc1cccc([C@@H]2CN(C(=O)c3cc(C)oc3C)C[C@H]2N)c1. The third-order valence-corrected chi connectivity index (χ3v) is 4.45. The minimum atomic E-state index is -0.0839. The van der Waals surface area contributed by atoms with Crippen LogP contribution in [0.3, 0.4) is 0 Å². The van der Waals surface area contributed by atoms with Crippen LogP contribution in [0.4, 0.5) is 0 Å². The van der Waals surface area contributed by atoms with E-state index in [1.165, 1.54) is 0 Å². The van der Waals surface area contributed by atoms with Crippen LogP contribution in [0.15, 0.2) is 34.7 Å². The van der Waals surface area contributed by atoms with Crippen molar-refractivity contribution in [1.82, 2.24) is 4.90 Å². The second-order valence-electron chi connectivity index (χ2n) is 6.08. The van der Waals surface area contributed by atoms with E-state index in [1.807, 2.05) is 43.0 Å². The molecule has 23 heavy (non-hydrogen) atoms. The van der Waals surface area contributed by atoms with Crippen LogP contribution in [0.5, 0.6) is 5.75 Å². The van der Waals surface area contributed by atoms with E-state index in [-0.39, 0.29) is 17.9 Å². The summed E-state index contributed by atoms with van der Waals surface area (Å²) in [6.07, 6.45) is 0. The van der Waals surface area contributed by atoms with Crippen LogP contribution in [0, 0.1) is 13.8 Å². The zero-order valence-corrected chi connectivity index (χ0v) is 13.7. The highest BCUT2D eigenvalue weighted by Gasteiger charge is 2.35. The van der Waals surface area contributed by atoms with E-state index in [4.69, 9.17) is 14.9 Å². The Bertz CT molecular complexity index is 723. The van der Waals surface area contributed by atoms with Gasteiger partial charge in [-0.2, -0.15) is 0 Å². The molecular weight excluding hydrogens is 292 g/mol. The topological polar surface area (TPSA) is 68.7 Å². The van der Waals surface area contributed by atoms with Gasteiger partial charge in [-0.3, -0.25) is 4.79 Å². The molecule has 1 amide bonds. The number of ether oxygens (including phenoxy) is 1. The predicted molar refractivity (Wildman–Crippen MR) is 87.8 cm³/mol. The Kier molecular flexibility index (Phi) is 4.13. The first kappa shape index (κ1) is 15.6. The van der Waals surface area contributed by atoms with Crippen molar-refractivity contribution in [2.24, 2.45) is 5.73 Å². The van der Waals surface area contributed by atoms with Gasteiger partial charge >= 0.3 is 0 Å². The average Bonchev–Trinajstić information content (AvgIpc) is 3.09. The molecule has 1 aliphatic heterocycles. The van der Waals surface area contributed by atoms with Gasteiger partial charge in [0, 0.05) is 25.0 Å². The van der Waals surface area contributed by atoms with Gasteiger partial charge in [0.1, 0.15) is 17.3 Å². The molecule has 5 heteroatoms. The van der Waals surface area contributed by atoms with Crippen LogP contribution in [-0.2, 0) is 0 Å². The van der Waals surface area contributed by atoms with Gasteiger partial charge in [0.15, 0.2) is 0 Å². The number of nitrogens with two attached hydrogens (primary N) is 1. The standard InChI is InChI=1S/C18H22N2O3/c1-11-7-15(12(2)23-11)18(21)20-9-16(17(19)10-20)13-5-4-6-14(8-13)22-3/h4-8,16-17H,9-10,19H2,1-3H3/t16-,17+/m0/s1. The summed E-state index contributed by atoms with van der Waals surface area (Å²) in [5, 5.41) is 0. The number of carbonyl (C=O) groups is 1. The lowest BCUT2D eigenvalue weighted by Crippen LogP contribution is -2.32. The second kappa shape index (κ2) is 6.08. The van der Waals surface area contributed by atoms with Crippen molar-refractivity contribution in [2.45, 2.75) is 25.8 Å². The third-order valence-electron chi connectivity index (χ3n) is 4.45. The molecule has 0 aliphatic carbocycles. The lowest BCUT2D eigenvalue weighted by Gasteiger charge is -2.16. The number of rotatable bonds is 3. The van der Waals surface area contributed by atoms with Gasteiger partial charge in [-0.15, -0.1) is 0 Å². The number of carbonyl (C=O) groups excluding carboxylic acids is 1. The number of furan rings is 1. The van der Waals surface area contributed by atoms with E-state index in [0.717, 1.165) is 17.1 Å². The molecule has 122 valence electrons. The van der Waals surface area contributed by atoms with E-state index in [0.29, 0.717) is 24.4 Å². The molecule has 2 atom stereocenters. The summed E-state index contributed by atoms with van der Waals surface area (Å²) in [7, 11) is 1.65. The van der Waals surface area contributed by atoms with E-state index in [2.05, 4.69) is 0 Å². The first-order valence-corrected chi connectivity index (χ1v) is 7.75. The normalized spacial score (nSPS) is 20.8. The number of hydrogen-bond acceptors (Lipinski definition) is 4. The lowest BCUT2D eigenvalue weighted by molar-refractivity contribution is 0.0787. The summed E-state index contributed by atoms with van der Waals surface area (Å²) in [5.74, 6) is 2.31. The summed E-state index contributed by atoms with van der Waals surface area (Å²) < 4.78 is 10.7. The van der Waals surface area contributed by atoms with Crippen molar-refractivity contribution in [3.63, 3.8) is 0 Å². The first-order valence-electron chi connectivity index (χ1n) is 7.75. The van der Waals surface area contributed by atoms with Crippen LogP contribution < -0.4 is 10.5 Å². The second-order valence-corrected chi connectivity index (χ2v) is 6.08. The summed E-state index contributed by atoms with van der Waals surface area (Å²) in [5.41, 5.74) is 8.02. The van der Waals surface area contributed by atoms with Gasteiger partial charge in [0.2, 0.25) is 0 Å². The Morgan fingerprint density at radius 1 is 1.30 bits per heavy atom. The molecule has 0 unspecified atom stereocenters. The molecule has 1 aromatic heterocycles. The van der Waals surface area contributed by atoms with Gasteiger partial charge < -0.3 is 19.8 Å². The zero-order valence-electron chi connectivity index (χ0n) is 13.7. The number of nitrogens with zero attached hydrogens (tertiary/aromatic N) is 1. The number of amides is 1. The van der Waals surface area contributed by atoms with Gasteiger partial charge in [0.05, 0.1) is 12.7 Å². The maximum Gasteiger partial charge on any atom is 0.257 e. The number of hydrogen-bond donors (Lipinski definition) is 1. The molecule has 1 aromatic carbocycles. The van der Waals surface area contributed by atoms with Gasteiger partial charge in [-0.25, -0.2) is 0 Å². The van der Waals surface area contributed by atoms with Crippen LogP contribution in [-0.4, -0.2) is 37.0 Å². The number of aryl methyl sites for hydroxylation is 2. The molecule has 5 nitrogen and oxygen atoms in total. The average molecular weight is 314 g/mol. The van der Waals surface area contributed by atoms with Crippen molar-refractivity contribution < 1.29 is 13.9 Å². The van der Waals surface area contributed by atoms with E-state index < -0.39 is 0 Å². The van der Waals surface area contributed by atoms with Crippen LogP contribution in [0.1, 0.15) is 33.4 Å². The maximum absolute atomic E-state index is 12.7. The molecule has 0 bridgehead atoms. The minimum absolute atomic E-state index is 0.0137. The largest absolute Gasteiger partial charge is 0.497 e. The van der Waals surface area contributed by atoms with E-state index in [1.54, 1.807) is 13.2 Å². The quantitative estimate of drug-likeness (QED) is 0.945. The molecule has 3 rings (SSSR count). The Morgan fingerprint density at radius 2 is 2.09 bits per heavy atom. The fraction of sp³-hybridized carbons (Fsp3) is 0.389. The van der Waals surface area contributed by atoms with E-state index >= 15 is 0 Å². The molecule has 0 spiro atoms. The van der Waals surface area contributed by atoms with Crippen molar-refractivity contribution in [1.29, 1.82) is 0 Å². The Morgan fingerprint density at radius 3 is 2.74 bits per heavy atom. The maximum atomic E-state index is 12.7. The Hall–Kier alpha value is -2.27. The highest BCUT2D eigenvalue weighted by molar-refractivity contribution is 5.95. The summed E-state index contributed by atoms with van der Waals surface area (Å²) in [6, 6.07) is 9.60. The smallest absolute Gasteiger partial charge is 0.257 e. The minimum Gasteiger partial charge on any atom is -0.497 e. The zero-order chi connectivity index (χ0) is 16.6. The molecule has 2 aromatic rings. The highest BCUT2D eigenvalue weighted by Crippen LogP contribution is 2.30. The van der Waals surface area contributed by atoms with Crippen molar-refractivity contribution in [2.75, 3.05) is 20.2 Å². The molecule has 0 radical (unpaired) electrons. The Labute approximate surface area is 136 Å². The number of likely N-dealkylation sites (tertiary alicyclic amines) is 1. The summed E-state index contributed by atoms with van der Waals surface area (Å²) in [4.78, 5) is 14.5. The lowest BCUT2D eigenvalue weighted by atomic mass is 9.95. The molecule has 2 N–H and O–H groups in total.